The molecule has 0 fully saturated rings. The van der Waals surface area contributed by atoms with Gasteiger partial charge in [0.15, 0.2) is 5.13 Å². The van der Waals surface area contributed by atoms with Gasteiger partial charge in [0.2, 0.25) is 0 Å². The average molecular weight is 318 g/mol. The Bertz CT molecular complexity index is 783. The van der Waals surface area contributed by atoms with Crippen molar-refractivity contribution in [2.45, 2.75) is 13.3 Å². The maximum Gasteiger partial charge on any atom is 0.257 e. The van der Waals surface area contributed by atoms with Gasteiger partial charge < -0.3 is 0 Å². The number of nitrogens with zero attached hydrogens (tertiary/aromatic N) is 2. The molecule has 0 spiro atoms. The highest BCUT2D eigenvalue weighted by Crippen LogP contribution is 2.26. The summed E-state index contributed by atoms with van der Waals surface area (Å²) < 4.78 is 1.04. The second-order valence-corrected chi connectivity index (χ2v) is 5.88. The van der Waals surface area contributed by atoms with Gasteiger partial charge in [-0.1, -0.05) is 42.0 Å². The predicted molar refractivity (Wildman–Crippen MR) is 86.2 cm³/mol. The van der Waals surface area contributed by atoms with Crippen molar-refractivity contribution in [3.63, 3.8) is 0 Å². The lowest BCUT2D eigenvalue weighted by Gasteiger charge is -2.04. The highest BCUT2D eigenvalue weighted by molar-refractivity contribution is 7.22. The fourth-order valence-electron chi connectivity index (χ4n) is 1.96. The van der Waals surface area contributed by atoms with Crippen LogP contribution in [0.3, 0.4) is 0 Å². The molecule has 0 atom stereocenters. The fraction of sp³-hybridized carbons (Fsp3) is 0.133. The molecular weight excluding hydrogens is 306 g/mol. The monoisotopic (exact) mass is 317 g/mol. The van der Waals surface area contributed by atoms with Crippen molar-refractivity contribution < 1.29 is 4.79 Å². The number of rotatable bonds is 3. The number of carbonyl (C=O) groups excluding carboxylic acids is 1. The molecule has 6 heteroatoms. The van der Waals surface area contributed by atoms with Crippen molar-refractivity contribution in [1.82, 2.24) is 9.97 Å². The quantitative estimate of drug-likeness (QED) is 0.738. The van der Waals surface area contributed by atoms with Crippen LogP contribution < -0.4 is 5.32 Å². The molecule has 0 saturated heterocycles. The first-order chi connectivity index (χ1) is 10.2. The minimum atomic E-state index is -0.229. The number of para-hydroxylation sites is 1. The lowest BCUT2D eigenvalue weighted by molar-refractivity contribution is 0.102. The second-order valence-electron chi connectivity index (χ2n) is 4.46. The molecule has 2 heterocycles. The van der Waals surface area contributed by atoms with Crippen LogP contribution >= 0.6 is 22.9 Å². The Balaban J connectivity index is 1.87. The molecular formula is C15H12ClN3OS. The van der Waals surface area contributed by atoms with Crippen LogP contribution in [0.2, 0.25) is 5.15 Å². The first-order valence-electron chi connectivity index (χ1n) is 6.49. The third kappa shape index (κ3) is 3.04. The summed E-state index contributed by atoms with van der Waals surface area (Å²) in [6, 6.07) is 11.1. The van der Waals surface area contributed by atoms with Crippen LogP contribution in [0.4, 0.5) is 5.13 Å². The van der Waals surface area contributed by atoms with Crippen LogP contribution in [0.5, 0.6) is 0 Å². The number of hydrogen-bond acceptors (Lipinski definition) is 4. The number of aryl methyl sites for hydroxylation is 1. The van der Waals surface area contributed by atoms with Crippen molar-refractivity contribution in [1.29, 1.82) is 0 Å². The van der Waals surface area contributed by atoms with Gasteiger partial charge in [-0.25, -0.2) is 9.97 Å². The number of thiazole rings is 1. The van der Waals surface area contributed by atoms with Crippen LogP contribution in [0, 0.1) is 0 Å². The predicted octanol–water partition coefficient (Wildman–Crippen LogP) is 4.16. The van der Waals surface area contributed by atoms with Gasteiger partial charge >= 0.3 is 0 Å². The van der Waals surface area contributed by atoms with Gasteiger partial charge in [-0.05, 0) is 30.7 Å². The number of aromatic nitrogens is 2. The summed E-state index contributed by atoms with van der Waals surface area (Å²) in [6.45, 7) is 1.97. The smallest absolute Gasteiger partial charge is 0.257 e. The molecule has 0 aliphatic carbocycles. The van der Waals surface area contributed by atoms with E-state index in [1.54, 1.807) is 12.1 Å². The largest absolute Gasteiger partial charge is 0.298 e. The number of benzene rings is 1. The van der Waals surface area contributed by atoms with Gasteiger partial charge in [-0.15, -0.1) is 0 Å². The van der Waals surface area contributed by atoms with Crippen molar-refractivity contribution in [3.8, 4) is 0 Å². The normalized spacial score (nSPS) is 10.8. The molecule has 0 radical (unpaired) electrons. The number of fused-ring (bicyclic) bond motifs is 1. The number of hydrogen-bond donors (Lipinski definition) is 1. The first-order valence-corrected chi connectivity index (χ1v) is 7.68. The number of pyridine rings is 1. The summed E-state index contributed by atoms with van der Waals surface area (Å²) in [5.74, 6) is -0.229. The molecule has 1 N–H and O–H groups in total. The van der Waals surface area contributed by atoms with E-state index in [-0.39, 0.29) is 5.91 Å². The molecule has 2 aromatic heterocycles. The van der Waals surface area contributed by atoms with Crippen molar-refractivity contribution in [2.24, 2.45) is 0 Å². The standard InChI is InChI=1S/C15H12ClN3OS/c1-2-10-7-9(8-13(16)17-10)14(20)19-15-18-11-5-3-4-6-12(11)21-15/h3-8H,2H2,1H3,(H,18,19,20). The van der Waals surface area contributed by atoms with E-state index in [4.69, 9.17) is 11.6 Å². The molecule has 1 amide bonds. The zero-order chi connectivity index (χ0) is 14.8. The molecule has 0 unspecified atom stereocenters. The number of carbonyl (C=O) groups is 1. The number of amides is 1. The lowest BCUT2D eigenvalue weighted by atomic mass is 10.2. The van der Waals surface area contributed by atoms with Crippen LogP contribution in [-0.2, 0) is 6.42 Å². The molecule has 0 aliphatic heterocycles. The molecule has 106 valence electrons. The highest BCUT2D eigenvalue weighted by Gasteiger charge is 2.11. The van der Waals surface area contributed by atoms with Gasteiger partial charge in [0.1, 0.15) is 5.15 Å². The summed E-state index contributed by atoms with van der Waals surface area (Å²) in [4.78, 5) is 20.8. The number of nitrogens with one attached hydrogen (secondary N) is 1. The van der Waals surface area contributed by atoms with Gasteiger partial charge in [-0.3, -0.25) is 10.1 Å². The Hall–Kier alpha value is -1.98. The Morgan fingerprint density at radius 3 is 2.86 bits per heavy atom. The van der Waals surface area contributed by atoms with E-state index in [1.165, 1.54) is 11.3 Å². The van der Waals surface area contributed by atoms with E-state index >= 15 is 0 Å². The van der Waals surface area contributed by atoms with Gasteiger partial charge in [0.05, 0.1) is 10.2 Å². The number of anilines is 1. The van der Waals surface area contributed by atoms with E-state index in [0.717, 1.165) is 22.3 Å². The summed E-state index contributed by atoms with van der Waals surface area (Å²) >= 11 is 7.38. The average Bonchev–Trinajstić information content (AvgIpc) is 2.88. The maximum atomic E-state index is 12.3. The molecule has 21 heavy (non-hydrogen) atoms. The van der Waals surface area contributed by atoms with Crippen molar-refractivity contribution in [2.75, 3.05) is 5.32 Å². The Morgan fingerprint density at radius 2 is 2.10 bits per heavy atom. The minimum Gasteiger partial charge on any atom is -0.298 e. The van der Waals surface area contributed by atoms with Crippen molar-refractivity contribution in [3.05, 3.63) is 52.8 Å². The van der Waals surface area contributed by atoms with E-state index in [9.17, 15) is 4.79 Å². The van der Waals surface area contributed by atoms with Crippen LogP contribution in [0.15, 0.2) is 36.4 Å². The van der Waals surface area contributed by atoms with Crippen molar-refractivity contribution >= 4 is 44.2 Å². The third-order valence-electron chi connectivity index (χ3n) is 2.99. The molecule has 0 aliphatic rings. The Labute approximate surface area is 130 Å². The zero-order valence-electron chi connectivity index (χ0n) is 11.3. The topological polar surface area (TPSA) is 54.9 Å². The number of halogens is 1. The van der Waals surface area contributed by atoms with Gasteiger partial charge in [0.25, 0.3) is 5.91 Å². The lowest BCUT2D eigenvalue weighted by Crippen LogP contribution is -2.12. The fourth-order valence-corrected chi connectivity index (χ4v) is 3.05. The summed E-state index contributed by atoms with van der Waals surface area (Å²) in [6.07, 6.45) is 0.724. The third-order valence-corrected chi connectivity index (χ3v) is 4.13. The summed E-state index contributed by atoms with van der Waals surface area (Å²) in [7, 11) is 0. The highest BCUT2D eigenvalue weighted by atomic mass is 35.5. The van der Waals surface area contributed by atoms with Gasteiger partial charge in [-0.2, -0.15) is 0 Å². The molecule has 3 aromatic rings. The Morgan fingerprint density at radius 1 is 1.29 bits per heavy atom. The van der Waals surface area contributed by atoms with Crippen LogP contribution in [0.1, 0.15) is 23.0 Å². The summed E-state index contributed by atoms with van der Waals surface area (Å²) in [5.41, 5.74) is 2.16. The summed E-state index contributed by atoms with van der Waals surface area (Å²) in [5, 5.41) is 3.71. The maximum absolute atomic E-state index is 12.3. The molecule has 0 bridgehead atoms. The first kappa shape index (κ1) is 14.0. The van der Waals surface area contributed by atoms with E-state index < -0.39 is 0 Å². The SMILES string of the molecule is CCc1cc(C(=O)Nc2nc3ccccc3s2)cc(Cl)n1. The van der Waals surface area contributed by atoms with Gasteiger partial charge in [0, 0.05) is 11.3 Å². The zero-order valence-corrected chi connectivity index (χ0v) is 12.8. The molecule has 0 saturated carbocycles. The molecule has 4 nitrogen and oxygen atoms in total. The van der Waals surface area contributed by atoms with Crippen LogP contribution in [-0.4, -0.2) is 15.9 Å². The van der Waals surface area contributed by atoms with E-state index in [2.05, 4.69) is 15.3 Å². The van der Waals surface area contributed by atoms with Crippen LogP contribution in [0.25, 0.3) is 10.2 Å². The second kappa shape index (κ2) is 5.79. The molecule has 1 aromatic carbocycles. The Kier molecular flexibility index (Phi) is 3.86. The minimum absolute atomic E-state index is 0.229. The van der Waals surface area contributed by atoms with E-state index in [1.807, 2.05) is 31.2 Å². The van der Waals surface area contributed by atoms with E-state index in [0.29, 0.717) is 15.8 Å². The molecule has 3 rings (SSSR count).